The highest BCUT2D eigenvalue weighted by Gasteiger charge is 1.96. The van der Waals surface area contributed by atoms with Gasteiger partial charge in [-0.15, -0.1) is 0 Å². The summed E-state index contributed by atoms with van der Waals surface area (Å²) in [7, 11) is 0. The van der Waals surface area contributed by atoms with Gasteiger partial charge in [0.1, 0.15) is 0 Å². The standard InChI is InChI=1S/C16H26N2/c1-6-9-12-14(4)17-18-15(5)16(11-8-3)13-10-7-2/h7-8,10-13,17H,6,9H2,1-5H3/b10-7+,11-8-,14-12+,16-13+,18-15+. The number of nitrogens with zero attached hydrogens (tertiary/aromatic N) is 1. The number of hydrazone groups is 1. The van der Waals surface area contributed by atoms with Crippen molar-refractivity contribution in [3.8, 4) is 0 Å². The molecule has 0 saturated carbocycles. The van der Waals surface area contributed by atoms with E-state index in [9.17, 15) is 0 Å². The first-order valence-electron chi connectivity index (χ1n) is 6.58. The molecule has 0 aliphatic heterocycles. The normalized spacial score (nSPS) is 14.8. The lowest BCUT2D eigenvalue weighted by molar-refractivity contribution is 0.855. The van der Waals surface area contributed by atoms with Gasteiger partial charge in [0.25, 0.3) is 0 Å². The second kappa shape index (κ2) is 10.6. The molecule has 0 saturated heterocycles. The molecule has 0 aromatic heterocycles. The van der Waals surface area contributed by atoms with Gasteiger partial charge in [0.15, 0.2) is 0 Å². The number of unbranched alkanes of at least 4 members (excludes halogenated alkanes) is 1. The Hall–Kier alpha value is -1.57. The van der Waals surface area contributed by atoms with E-state index in [1.54, 1.807) is 0 Å². The van der Waals surface area contributed by atoms with E-state index >= 15 is 0 Å². The summed E-state index contributed by atoms with van der Waals surface area (Å²) in [6.45, 7) is 10.2. The Labute approximate surface area is 112 Å². The Kier molecular flexibility index (Phi) is 9.65. The summed E-state index contributed by atoms with van der Waals surface area (Å²) in [5.41, 5.74) is 6.28. The molecular weight excluding hydrogens is 220 g/mol. The second-order valence-corrected chi connectivity index (χ2v) is 4.13. The van der Waals surface area contributed by atoms with Gasteiger partial charge >= 0.3 is 0 Å². The molecule has 0 bridgehead atoms. The van der Waals surface area contributed by atoms with Gasteiger partial charge in [-0.2, -0.15) is 5.10 Å². The Morgan fingerprint density at radius 1 is 1.17 bits per heavy atom. The van der Waals surface area contributed by atoms with Crippen molar-refractivity contribution in [3.63, 3.8) is 0 Å². The number of hydrogen-bond acceptors (Lipinski definition) is 2. The van der Waals surface area contributed by atoms with Crippen molar-refractivity contribution in [2.45, 2.75) is 47.5 Å². The van der Waals surface area contributed by atoms with Crippen molar-refractivity contribution in [2.75, 3.05) is 0 Å². The molecule has 1 N–H and O–H groups in total. The Morgan fingerprint density at radius 3 is 2.44 bits per heavy atom. The van der Waals surface area contributed by atoms with Crippen LogP contribution < -0.4 is 5.43 Å². The molecule has 2 heteroatoms. The molecule has 0 aliphatic carbocycles. The molecule has 0 aromatic carbocycles. The van der Waals surface area contributed by atoms with Crippen molar-refractivity contribution in [1.82, 2.24) is 5.43 Å². The quantitative estimate of drug-likeness (QED) is 0.392. The SMILES string of the molecule is C\C=C/C(=C\C=C\C)C(/C)=N/N/C(C)=C/CCC. The average Bonchev–Trinajstić information content (AvgIpc) is 2.38. The molecule has 0 fully saturated rings. The minimum absolute atomic E-state index is 0.982. The van der Waals surface area contributed by atoms with Gasteiger partial charge in [0.05, 0.1) is 5.71 Å². The molecule has 0 aromatic rings. The summed E-state index contributed by atoms with van der Waals surface area (Å²) < 4.78 is 0. The molecule has 0 aliphatic rings. The van der Waals surface area contributed by atoms with Crippen LogP contribution in [0.1, 0.15) is 47.5 Å². The molecular formula is C16H26N2. The summed E-state index contributed by atoms with van der Waals surface area (Å²) in [6.07, 6.45) is 14.6. The van der Waals surface area contributed by atoms with Crippen LogP contribution in [-0.4, -0.2) is 5.71 Å². The van der Waals surface area contributed by atoms with Crippen molar-refractivity contribution in [3.05, 3.63) is 47.7 Å². The average molecular weight is 246 g/mol. The first-order chi connectivity index (χ1) is 8.65. The fourth-order valence-electron chi connectivity index (χ4n) is 1.32. The van der Waals surface area contributed by atoms with E-state index in [0.29, 0.717) is 0 Å². The highest BCUT2D eigenvalue weighted by Crippen LogP contribution is 2.02. The third-order valence-electron chi connectivity index (χ3n) is 2.37. The highest BCUT2D eigenvalue weighted by molar-refractivity contribution is 6.00. The molecule has 0 atom stereocenters. The van der Waals surface area contributed by atoms with E-state index in [-0.39, 0.29) is 0 Å². The number of nitrogens with one attached hydrogen (secondary N) is 1. The fraction of sp³-hybridized carbons (Fsp3) is 0.438. The van der Waals surface area contributed by atoms with Gasteiger partial charge in [0.2, 0.25) is 0 Å². The van der Waals surface area contributed by atoms with Crippen LogP contribution in [0, 0.1) is 0 Å². The Bertz CT molecular complexity index is 369. The van der Waals surface area contributed by atoms with Crippen LogP contribution in [0.5, 0.6) is 0 Å². The van der Waals surface area contributed by atoms with E-state index in [0.717, 1.165) is 29.8 Å². The van der Waals surface area contributed by atoms with Crippen molar-refractivity contribution in [1.29, 1.82) is 0 Å². The van der Waals surface area contributed by atoms with Crippen LogP contribution in [0.3, 0.4) is 0 Å². The zero-order chi connectivity index (χ0) is 13.8. The summed E-state index contributed by atoms with van der Waals surface area (Å²) in [4.78, 5) is 0. The topological polar surface area (TPSA) is 24.4 Å². The number of allylic oxidation sites excluding steroid dienone is 8. The Morgan fingerprint density at radius 2 is 1.89 bits per heavy atom. The predicted octanol–water partition coefficient (Wildman–Crippen LogP) is 4.73. The third kappa shape index (κ3) is 7.66. The largest absolute Gasteiger partial charge is 0.283 e. The number of rotatable bonds is 7. The van der Waals surface area contributed by atoms with E-state index in [1.807, 2.05) is 45.9 Å². The van der Waals surface area contributed by atoms with Gasteiger partial charge in [0, 0.05) is 5.70 Å². The lowest BCUT2D eigenvalue weighted by Gasteiger charge is -2.04. The molecule has 0 unspecified atom stereocenters. The molecule has 2 nitrogen and oxygen atoms in total. The van der Waals surface area contributed by atoms with Crippen LogP contribution in [0.25, 0.3) is 0 Å². The lowest BCUT2D eigenvalue weighted by Crippen LogP contribution is -2.07. The minimum Gasteiger partial charge on any atom is -0.283 e. The Balaban J connectivity index is 4.72. The second-order valence-electron chi connectivity index (χ2n) is 4.13. The van der Waals surface area contributed by atoms with E-state index in [2.05, 4.69) is 35.7 Å². The summed E-state index contributed by atoms with van der Waals surface area (Å²) in [5, 5.41) is 4.39. The lowest BCUT2D eigenvalue weighted by atomic mass is 10.1. The molecule has 0 radical (unpaired) electrons. The van der Waals surface area contributed by atoms with Gasteiger partial charge in [-0.05, 0) is 39.7 Å². The highest BCUT2D eigenvalue weighted by atomic mass is 15.3. The summed E-state index contributed by atoms with van der Waals surface area (Å²) >= 11 is 0. The van der Waals surface area contributed by atoms with Crippen molar-refractivity contribution in [2.24, 2.45) is 5.10 Å². The van der Waals surface area contributed by atoms with E-state index < -0.39 is 0 Å². The van der Waals surface area contributed by atoms with Crippen molar-refractivity contribution >= 4 is 5.71 Å². The van der Waals surface area contributed by atoms with Crippen LogP contribution in [-0.2, 0) is 0 Å². The van der Waals surface area contributed by atoms with Gasteiger partial charge in [-0.1, -0.05) is 49.8 Å². The maximum Gasteiger partial charge on any atom is 0.0648 e. The monoisotopic (exact) mass is 246 g/mol. The van der Waals surface area contributed by atoms with Crippen LogP contribution in [0.2, 0.25) is 0 Å². The van der Waals surface area contributed by atoms with Gasteiger partial charge in [-0.25, -0.2) is 0 Å². The van der Waals surface area contributed by atoms with Gasteiger partial charge < -0.3 is 0 Å². The molecule has 0 heterocycles. The van der Waals surface area contributed by atoms with Crippen LogP contribution in [0.4, 0.5) is 0 Å². The first kappa shape index (κ1) is 16.4. The maximum absolute atomic E-state index is 4.39. The number of hydrogen-bond donors (Lipinski definition) is 1. The molecule has 0 spiro atoms. The molecule has 0 amide bonds. The zero-order valence-electron chi connectivity index (χ0n) is 12.3. The van der Waals surface area contributed by atoms with Crippen LogP contribution in [0.15, 0.2) is 52.8 Å². The molecule has 18 heavy (non-hydrogen) atoms. The summed E-state index contributed by atoms with van der Waals surface area (Å²) in [5.74, 6) is 0. The van der Waals surface area contributed by atoms with E-state index in [1.165, 1.54) is 0 Å². The summed E-state index contributed by atoms with van der Waals surface area (Å²) in [6, 6.07) is 0. The van der Waals surface area contributed by atoms with E-state index in [4.69, 9.17) is 0 Å². The molecule has 0 rings (SSSR count). The van der Waals surface area contributed by atoms with Gasteiger partial charge in [-0.3, -0.25) is 5.43 Å². The predicted molar refractivity (Wildman–Crippen MR) is 82.6 cm³/mol. The zero-order valence-corrected chi connectivity index (χ0v) is 12.3. The fourth-order valence-corrected chi connectivity index (χ4v) is 1.32. The smallest absolute Gasteiger partial charge is 0.0648 e. The molecule has 100 valence electrons. The third-order valence-corrected chi connectivity index (χ3v) is 2.37. The maximum atomic E-state index is 4.39. The van der Waals surface area contributed by atoms with Crippen molar-refractivity contribution < 1.29 is 0 Å². The van der Waals surface area contributed by atoms with Crippen LogP contribution >= 0.6 is 0 Å². The minimum atomic E-state index is 0.982. The first-order valence-corrected chi connectivity index (χ1v) is 6.58.